The molecule has 2 aromatic rings. The van der Waals surface area contributed by atoms with Gasteiger partial charge in [-0.25, -0.2) is 0 Å². The Bertz CT molecular complexity index is 655. The molecule has 1 saturated heterocycles. The molecule has 3 rings (SSSR count). The second-order valence-corrected chi connectivity index (χ2v) is 5.56. The van der Waals surface area contributed by atoms with Crippen molar-refractivity contribution in [1.29, 1.82) is 0 Å². The molecule has 0 saturated carbocycles. The van der Waals surface area contributed by atoms with Gasteiger partial charge in [0.2, 0.25) is 0 Å². The van der Waals surface area contributed by atoms with Gasteiger partial charge in [-0.2, -0.15) is 4.98 Å². The Balaban J connectivity index is 1.93. The van der Waals surface area contributed by atoms with Gasteiger partial charge in [-0.05, 0) is 56.1 Å². The minimum Gasteiger partial charge on any atom is -0.334 e. The SMILES string of the molecule is CCC(=C1CCNCC1)c1noc(-c2cccc(Cl)c2)n1. The third-order valence-corrected chi connectivity index (χ3v) is 3.99. The van der Waals surface area contributed by atoms with E-state index in [1.54, 1.807) is 0 Å². The lowest BCUT2D eigenvalue weighted by Crippen LogP contribution is -2.23. The molecule has 1 aromatic carbocycles. The fourth-order valence-corrected chi connectivity index (χ4v) is 2.87. The Morgan fingerprint density at radius 1 is 1.33 bits per heavy atom. The molecule has 0 radical (unpaired) electrons. The molecule has 0 bridgehead atoms. The van der Waals surface area contributed by atoms with Crippen molar-refractivity contribution in [3.05, 3.63) is 40.7 Å². The summed E-state index contributed by atoms with van der Waals surface area (Å²) in [4.78, 5) is 4.55. The zero-order valence-electron chi connectivity index (χ0n) is 12.0. The second kappa shape index (κ2) is 6.41. The van der Waals surface area contributed by atoms with Gasteiger partial charge in [-0.3, -0.25) is 0 Å². The Labute approximate surface area is 129 Å². The fourth-order valence-electron chi connectivity index (χ4n) is 2.68. The third kappa shape index (κ3) is 3.17. The van der Waals surface area contributed by atoms with Gasteiger partial charge in [0.25, 0.3) is 5.89 Å². The van der Waals surface area contributed by atoms with Crippen LogP contribution in [0.25, 0.3) is 17.0 Å². The molecule has 0 aliphatic carbocycles. The lowest BCUT2D eigenvalue weighted by atomic mass is 9.97. The molecule has 110 valence electrons. The summed E-state index contributed by atoms with van der Waals surface area (Å²) < 4.78 is 5.41. The van der Waals surface area contributed by atoms with Crippen LogP contribution in [0.15, 0.2) is 34.4 Å². The molecular formula is C16H18ClN3O. The van der Waals surface area contributed by atoms with Crippen LogP contribution < -0.4 is 5.32 Å². The van der Waals surface area contributed by atoms with Gasteiger partial charge in [-0.1, -0.05) is 35.3 Å². The molecular weight excluding hydrogens is 286 g/mol. The van der Waals surface area contributed by atoms with Crippen LogP contribution in [0.5, 0.6) is 0 Å². The van der Waals surface area contributed by atoms with Crippen molar-refractivity contribution in [3.8, 4) is 11.5 Å². The van der Waals surface area contributed by atoms with Crippen molar-refractivity contribution in [1.82, 2.24) is 15.5 Å². The van der Waals surface area contributed by atoms with Crippen LogP contribution in [-0.4, -0.2) is 23.2 Å². The van der Waals surface area contributed by atoms with Gasteiger partial charge >= 0.3 is 0 Å². The van der Waals surface area contributed by atoms with Crippen molar-refractivity contribution in [2.45, 2.75) is 26.2 Å². The number of halogens is 1. The first-order valence-corrected chi connectivity index (χ1v) is 7.67. The zero-order chi connectivity index (χ0) is 14.7. The molecule has 0 amide bonds. The molecule has 1 aromatic heterocycles. The summed E-state index contributed by atoms with van der Waals surface area (Å²) in [6.45, 7) is 4.19. The number of piperidine rings is 1. The quantitative estimate of drug-likeness (QED) is 0.933. The number of hydrogen-bond acceptors (Lipinski definition) is 4. The molecule has 0 atom stereocenters. The van der Waals surface area contributed by atoms with Gasteiger partial charge in [0.1, 0.15) is 0 Å². The second-order valence-electron chi connectivity index (χ2n) is 5.12. The third-order valence-electron chi connectivity index (χ3n) is 3.75. The molecule has 1 aliphatic rings. The van der Waals surface area contributed by atoms with Gasteiger partial charge in [0.15, 0.2) is 5.82 Å². The highest BCUT2D eigenvalue weighted by atomic mass is 35.5. The van der Waals surface area contributed by atoms with E-state index in [4.69, 9.17) is 16.1 Å². The highest BCUT2D eigenvalue weighted by Gasteiger charge is 2.17. The summed E-state index contributed by atoms with van der Waals surface area (Å²) in [5.41, 5.74) is 3.51. The molecule has 1 aliphatic heterocycles. The first-order chi connectivity index (χ1) is 10.3. The molecule has 0 unspecified atom stereocenters. The smallest absolute Gasteiger partial charge is 0.258 e. The van der Waals surface area contributed by atoms with Crippen LogP contribution in [0.2, 0.25) is 5.02 Å². The Morgan fingerprint density at radius 2 is 2.14 bits per heavy atom. The van der Waals surface area contributed by atoms with Crippen LogP contribution in [0.3, 0.4) is 0 Å². The first kappa shape index (κ1) is 14.3. The number of nitrogens with one attached hydrogen (secondary N) is 1. The van der Waals surface area contributed by atoms with E-state index in [0.29, 0.717) is 16.7 Å². The lowest BCUT2D eigenvalue weighted by Gasteiger charge is -2.18. The van der Waals surface area contributed by atoms with E-state index in [-0.39, 0.29) is 0 Å². The lowest BCUT2D eigenvalue weighted by molar-refractivity contribution is 0.428. The van der Waals surface area contributed by atoms with Crippen LogP contribution in [0, 0.1) is 0 Å². The summed E-state index contributed by atoms with van der Waals surface area (Å²) in [7, 11) is 0. The number of rotatable bonds is 3. The average molecular weight is 304 g/mol. The minimum atomic E-state index is 0.521. The summed E-state index contributed by atoms with van der Waals surface area (Å²) in [6.07, 6.45) is 3.04. The van der Waals surface area contributed by atoms with E-state index >= 15 is 0 Å². The van der Waals surface area contributed by atoms with Crippen LogP contribution >= 0.6 is 11.6 Å². The van der Waals surface area contributed by atoms with E-state index in [9.17, 15) is 0 Å². The van der Waals surface area contributed by atoms with E-state index < -0.39 is 0 Å². The van der Waals surface area contributed by atoms with Gasteiger partial charge in [-0.15, -0.1) is 0 Å². The molecule has 2 heterocycles. The maximum atomic E-state index is 6.01. The standard InChI is InChI=1S/C16H18ClN3O/c1-2-14(11-6-8-18-9-7-11)15-19-16(21-20-15)12-4-3-5-13(17)10-12/h3-5,10,18H,2,6-9H2,1H3. The predicted molar refractivity (Wildman–Crippen MR) is 84.1 cm³/mol. The predicted octanol–water partition coefficient (Wildman–Crippen LogP) is 3.94. The van der Waals surface area contributed by atoms with Crippen molar-refractivity contribution >= 4 is 17.2 Å². The number of aromatic nitrogens is 2. The van der Waals surface area contributed by atoms with Gasteiger partial charge < -0.3 is 9.84 Å². The molecule has 4 nitrogen and oxygen atoms in total. The molecule has 21 heavy (non-hydrogen) atoms. The summed E-state index contributed by atoms with van der Waals surface area (Å²) >= 11 is 6.01. The van der Waals surface area contributed by atoms with Crippen molar-refractivity contribution in [2.75, 3.05) is 13.1 Å². The van der Waals surface area contributed by atoms with E-state index in [1.807, 2.05) is 24.3 Å². The first-order valence-electron chi connectivity index (χ1n) is 7.29. The number of nitrogens with zero attached hydrogens (tertiary/aromatic N) is 2. The van der Waals surface area contributed by atoms with E-state index in [0.717, 1.165) is 37.9 Å². The normalized spacial score (nSPS) is 15.2. The van der Waals surface area contributed by atoms with E-state index in [2.05, 4.69) is 22.4 Å². The Hall–Kier alpha value is -1.65. The van der Waals surface area contributed by atoms with Crippen LogP contribution in [-0.2, 0) is 0 Å². The summed E-state index contributed by atoms with van der Waals surface area (Å²) in [5.74, 6) is 1.23. The monoisotopic (exact) mass is 303 g/mol. The van der Waals surface area contributed by atoms with Gasteiger partial charge in [0, 0.05) is 10.6 Å². The average Bonchev–Trinajstić information content (AvgIpc) is 2.99. The number of hydrogen-bond donors (Lipinski definition) is 1. The maximum absolute atomic E-state index is 6.01. The van der Waals surface area contributed by atoms with Crippen LogP contribution in [0.1, 0.15) is 32.0 Å². The van der Waals surface area contributed by atoms with Crippen molar-refractivity contribution in [2.24, 2.45) is 0 Å². The number of allylic oxidation sites excluding steroid dienone is 1. The Morgan fingerprint density at radius 3 is 2.86 bits per heavy atom. The van der Waals surface area contributed by atoms with Crippen molar-refractivity contribution < 1.29 is 4.52 Å². The highest BCUT2D eigenvalue weighted by Crippen LogP contribution is 2.28. The highest BCUT2D eigenvalue weighted by molar-refractivity contribution is 6.30. The summed E-state index contributed by atoms with van der Waals surface area (Å²) in [5, 5.41) is 8.20. The molecule has 5 heteroatoms. The zero-order valence-corrected chi connectivity index (χ0v) is 12.8. The molecule has 1 N–H and O–H groups in total. The number of benzene rings is 1. The van der Waals surface area contributed by atoms with Gasteiger partial charge in [0.05, 0.1) is 0 Å². The van der Waals surface area contributed by atoms with Crippen LogP contribution in [0.4, 0.5) is 0 Å². The van der Waals surface area contributed by atoms with E-state index in [1.165, 1.54) is 11.1 Å². The topological polar surface area (TPSA) is 51.0 Å². The fraction of sp³-hybridized carbons (Fsp3) is 0.375. The van der Waals surface area contributed by atoms with Crippen molar-refractivity contribution in [3.63, 3.8) is 0 Å². The minimum absolute atomic E-state index is 0.521. The summed E-state index contributed by atoms with van der Waals surface area (Å²) in [6, 6.07) is 7.47. The maximum Gasteiger partial charge on any atom is 0.258 e. The largest absolute Gasteiger partial charge is 0.334 e. The Kier molecular flexibility index (Phi) is 4.36. The molecule has 0 spiro atoms. The molecule has 1 fully saturated rings.